The number of carbonyl (C=O) groups is 1. The summed E-state index contributed by atoms with van der Waals surface area (Å²) in [7, 11) is 1.30. The summed E-state index contributed by atoms with van der Waals surface area (Å²) in [5.74, 6) is -0.191. The van der Waals surface area contributed by atoms with E-state index in [4.69, 9.17) is 16.3 Å². The second-order valence-corrected chi connectivity index (χ2v) is 4.20. The zero-order valence-corrected chi connectivity index (χ0v) is 10.7. The van der Waals surface area contributed by atoms with Gasteiger partial charge in [0, 0.05) is 6.07 Å². The van der Waals surface area contributed by atoms with E-state index in [1.54, 1.807) is 13.0 Å². The van der Waals surface area contributed by atoms with Gasteiger partial charge in [0.05, 0.1) is 12.1 Å². The zero-order valence-electron chi connectivity index (χ0n) is 9.99. The molecular weight excluding hydrogens is 244 g/mol. The number of esters is 1. The smallest absolute Gasteiger partial charge is 0.349 e. The first kappa shape index (κ1) is 13.6. The Morgan fingerprint density at radius 1 is 1.53 bits per heavy atom. The van der Waals surface area contributed by atoms with Crippen molar-refractivity contribution in [1.82, 2.24) is 0 Å². The van der Waals surface area contributed by atoms with Gasteiger partial charge in [-0.3, -0.25) is 0 Å². The van der Waals surface area contributed by atoms with Crippen LogP contribution < -0.4 is 4.74 Å². The number of hydrogen-bond donors (Lipinski definition) is 1. The third-order valence-electron chi connectivity index (χ3n) is 2.55. The van der Waals surface area contributed by atoms with Gasteiger partial charge in [0.2, 0.25) is 5.60 Å². The van der Waals surface area contributed by atoms with Crippen LogP contribution in [0.25, 0.3) is 0 Å². The third kappa shape index (κ3) is 3.03. The highest BCUT2D eigenvalue weighted by Crippen LogP contribution is 2.30. The fourth-order valence-corrected chi connectivity index (χ4v) is 1.41. The van der Waals surface area contributed by atoms with E-state index in [9.17, 15) is 9.90 Å². The van der Waals surface area contributed by atoms with Crippen LogP contribution in [0.1, 0.15) is 20.3 Å². The first-order valence-corrected chi connectivity index (χ1v) is 5.56. The molecule has 0 aromatic heterocycles. The van der Waals surface area contributed by atoms with Gasteiger partial charge in [0.15, 0.2) is 0 Å². The lowest BCUT2D eigenvalue weighted by molar-refractivity contribution is -0.157. The SMILES string of the molecule is CC[C@@](C)(Oc1ccc(Cl)c(O)c1)C(=O)OC. The summed E-state index contributed by atoms with van der Waals surface area (Å²) < 4.78 is 10.2. The molecule has 0 saturated heterocycles. The minimum absolute atomic E-state index is 0.0903. The Kier molecular flexibility index (Phi) is 4.23. The Morgan fingerprint density at radius 3 is 2.65 bits per heavy atom. The lowest BCUT2D eigenvalue weighted by atomic mass is 10.0. The molecule has 4 nitrogen and oxygen atoms in total. The van der Waals surface area contributed by atoms with Gasteiger partial charge in [-0.05, 0) is 25.5 Å². The monoisotopic (exact) mass is 258 g/mol. The van der Waals surface area contributed by atoms with Crippen LogP contribution in [0.5, 0.6) is 11.5 Å². The molecule has 94 valence electrons. The van der Waals surface area contributed by atoms with Crippen molar-refractivity contribution in [3.8, 4) is 11.5 Å². The summed E-state index contributed by atoms with van der Waals surface area (Å²) in [6.07, 6.45) is 0.447. The van der Waals surface area contributed by atoms with E-state index in [1.807, 2.05) is 6.92 Å². The summed E-state index contributed by atoms with van der Waals surface area (Å²) in [6.45, 7) is 3.44. The Hall–Kier alpha value is -1.42. The van der Waals surface area contributed by atoms with Crippen LogP contribution in [0.3, 0.4) is 0 Å². The van der Waals surface area contributed by atoms with E-state index in [1.165, 1.54) is 19.2 Å². The third-order valence-corrected chi connectivity index (χ3v) is 2.87. The van der Waals surface area contributed by atoms with Crippen molar-refractivity contribution < 1.29 is 19.4 Å². The molecule has 0 radical (unpaired) electrons. The minimum Gasteiger partial charge on any atom is -0.506 e. The van der Waals surface area contributed by atoms with Gasteiger partial charge in [0.1, 0.15) is 11.5 Å². The first-order chi connectivity index (χ1) is 7.92. The van der Waals surface area contributed by atoms with E-state index in [2.05, 4.69) is 4.74 Å². The molecule has 0 amide bonds. The average Bonchev–Trinajstić information content (AvgIpc) is 2.32. The van der Waals surface area contributed by atoms with Crippen LogP contribution in [-0.2, 0) is 9.53 Å². The number of methoxy groups -OCH3 is 1. The Balaban J connectivity index is 2.95. The molecule has 0 aliphatic heterocycles. The molecular formula is C12H15ClO4. The summed E-state index contributed by atoms with van der Waals surface area (Å²) in [5.41, 5.74) is -1.07. The summed E-state index contributed by atoms with van der Waals surface area (Å²) in [5, 5.41) is 9.67. The van der Waals surface area contributed by atoms with Crippen LogP contribution >= 0.6 is 11.6 Å². The normalized spacial score (nSPS) is 13.9. The van der Waals surface area contributed by atoms with E-state index < -0.39 is 11.6 Å². The highest BCUT2D eigenvalue weighted by Gasteiger charge is 2.35. The molecule has 1 atom stereocenters. The quantitative estimate of drug-likeness (QED) is 0.844. The number of carbonyl (C=O) groups excluding carboxylic acids is 1. The molecule has 0 heterocycles. The van der Waals surface area contributed by atoms with E-state index in [0.717, 1.165) is 0 Å². The standard InChI is InChI=1S/C12H15ClO4/c1-4-12(2,11(15)16-3)17-8-5-6-9(13)10(14)7-8/h5-7,14H,4H2,1-3H3/t12-/m1/s1. The molecule has 1 rings (SSSR count). The molecule has 17 heavy (non-hydrogen) atoms. The van der Waals surface area contributed by atoms with Crippen molar-refractivity contribution in [3.63, 3.8) is 0 Å². The topological polar surface area (TPSA) is 55.8 Å². The molecule has 0 saturated carbocycles. The molecule has 0 aliphatic rings. The van der Waals surface area contributed by atoms with Crippen LogP contribution in [-0.4, -0.2) is 23.8 Å². The molecule has 0 unspecified atom stereocenters. The fourth-order valence-electron chi connectivity index (χ4n) is 1.29. The van der Waals surface area contributed by atoms with Gasteiger partial charge >= 0.3 is 5.97 Å². The number of ether oxygens (including phenoxy) is 2. The molecule has 0 bridgehead atoms. The summed E-state index contributed by atoms with van der Waals surface area (Å²) in [4.78, 5) is 11.6. The second kappa shape index (κ2) is 5.27. The van der Waals surface area contributed by atoms with Gasteiger partial charge in [-0.25, -0.2) is 4.79 Å². The molecule has 0 spiro atoms. The van der Waals surface area contributed by atoms with Crippen LogP contribution in [0.4, 0.5) is 0 Å². The van der Waals surface area contributed by atoms with Crippen molar-refractivity contribution in [3.05, 3.63) is 23.2 Å². The highest BCUT2D eigenvalue weighted by molar-refractivity contribution is 6.32. The van der Waals surface area contributed by atoms with Gasteiger partial charge in [-0.2, -0.15) is 0 Å². The van der Waals surface area contributed by atoms with Crippen LogP contribution in [0.15, 0.2) is 18.2 Å². The largest absolute Gasteiger partial charge is 0.506 e. The number of aromatic hydroxyl groups is 1. The van der Waals surface area contributed by atoms with Gasteiger partial charge in [0.25, 0.3) is 0 Å². The molecule has 1 N–H and O–H groups in total. The second-order valence-electron chi connectivity index (χ2n) is 3.79. The maximum absolute atomic E-state index is 11.6. The zero-order chi connectivity index (χ0) is 13.1. The van der Waals surface area contributed by atoms with E-state index in [-0.39, 0.29) is 10.8 Å². The van der Waals surface area contributed by atoms with Gasteiger partial charge in [-0.1, -0.05) is 18.5 Å². The van der Waals surface area contributed by atoms with Crippen molar-refractivity contribution in [1.29, 1.82) is 0 Å². The lowest BCUT2D eigenvalue weighted by Crippen LogP contribution is -2.41. The summed E-state index contributed by atoms with van der Waals surface area (Å²) >= 11 is 5.68. The Morgan fingerprint density at radius 2 is 2.18 bits per heavy atom. The fraction of sp³-hybridized carbons (Fsp3) is 0.417. The maximum Gasteiger partial charge on any atom is 0.349 e. The molecule has 1 aromatic rings. The number of hydrogen-bond acceptors (Lipinski definition) is 4. The molecule has 5 heteroatoms. The van der Waals surface area contributed by atoms with Gasteiger partial charge < -0.3 is 14.6 Å². The average molecular weight is 259 g/mol. The molecule has 1 aromatic carbocycles. The van der Waals surface area contributed by atoms with Crippen LogP contribution in [0, 0.1) is 0 Å². The minimum atomic E-state index is -1.07. The van der Waals surface area contributed by atoms with Crippen molar-refractivity contribution in [2.45, 2.75) is 25.9 Å². The Bertz CT molecular complexity index is 419. The molecule has 0 fully saturated rings. The predicted molar refractivity (Wildman–Crippen MR) is 64.5 cm³/mol. The highest BCUT2D eigenvalue weighted by atomic mass is 35.5. The van der Waals surface area contributed by atoms with Gasteiger partial charge in [-0.15, -0.1) is 0 Å². The van der Waals surface area contributed by atoms with E-state index >= 15 is 0 Å². The number of phenolic OH excluding ortho intramolecular Hbond substituents is 1. The number of phenols is 1. The number of halogens is 1. The Labute approximate surface area is 105 Å². The maximum atomic E-state index is 11.6. The van der Waals surface area contributed by atoms with E-state index in [0.29, 0.717) is 12.2 Å². The van der Waals surface area contributed by atoms with Crippen molar-refractivity contribution in [2.24, 2.45) is 0 Å². The number of benzene rings is 1. The number of rotatable bonds is 4. The first-order valence-electron chi connectivity index (χ1n) is 5.19. The predicted octanol–water partition coefficient (Wildman–Crippen LogP) is 2.77. The lowest BCUT2D eigenvalue weighted by Gasteiger charge is -2.26. The van der Waals surface area contributed by atoms with Crippen LogP contribution in [0.2, 0.25) is 5.02 Å². The summed E-state index contributed by atoms with van der Waals surface area (Å²) in [6, 6.07) is 4.44. The van der Waals surface area contributed by atoms with Crippen molar-refractivity contribution in [2.75, 3.05) is 7.11 Å². The van der Waals surface area contributed by atoms with Crippen molar-refractivity contribution >= 4 is 17.6 Å². The molecule has 0 aliphatic carbocycles.